The third kappa shape index (κ3) is 3.89. The van der Waals surface area contributed by atoms with Crippen molar-refractivity contribution in [1.29, 1.82) is 0 Å². The first-order valence-electron chi connectivity index (χ1n) is 8.11. The molecule has 1 aromatic rings. The molecule has 0 aliphatic heterocycles. The number of benzene rings is 1. The Kier molecular flexibility index (Phi) is 5.88. The number of aliphatic hydroxyl groups is 1. The smallest absolute Gasteiger partial charge is 0.122 e. The van der Waals surface area contributed by atoms with Gasteiger partial charge in [0, 0.05) is 42.6 Å². The highest BCUT2D eigenvalue weighted by Crippen LogP contribution is 2.34. The molecule has 1 aromatic carbocycles. The lowest BCUT2D eigenvalue weighted by Crippen LogP contribution is -2.41. The predicted octanol–water partition coefficient (Wildman–Crippen LogP) is 2.80. The molecule has 1 fully saturated rings. The third-order valence-electron chi connectivity index (χ3n) is 4.40. The molecule has 1 unspecified atom stereocenters. The lowest BCUT2D eigenvalue weighted by atomic mass is 9.90. The average molecular weight is 292 g/mol. The van der Waals surface area contributed by atoms with Gasteiger partial charge in [-0.15, -0.1) is 0 Å². The second kappa shape index (κ2) is 7.66. The molecule has 21 heavy (non-hydrogen) atoms. The Bertz CT molecular complexity index is 446. The van der Waals surface area contributed by atoms with E-state index in [4.69, 9.17) is 5.11 Å². The van der Waals surface area contributed by atoms with E-state index in [0.29, 0.717) is 11.8 Å². The van der Waals surface area contributed by atoms with Gasteiger partial charge in [0.25, 0.3) is 0 Å². The first kappa shape index (κ1) is 16.1. The van der Waals surface area contributed by atoms with Crippen LogP contribution in [0.2, 0.25) is 0 Å². The number of phenolic OH excluding ortho intramolecular Hbond substituents is 1. The van der Waals surface area contributed by atoms with E-state index >= 15 is 0 Å². The van der Waals surface area contributed by atoms with Gasteiger partial charge in [-0.3, -0.25) is 0 Å². The summed E-state index contributed by atoms with van der Waals surface area (Å²) in [6.07, 6.45) is 4.47. The zero-order valence-corrected chi connectivity index (χ0v) is 13.2. The Morgan fingerprint density at radius 2 is 2.14 bits per heavy atom. The van der Waals surface area contributed by atoms with Gasteiger partial charge < -0.3 is 20.4 Å². The fourth-order valence-corrected chi connectivity index (χ4v) is 2.95. The highest BCUT2D eigenvalue weighted by molar-refractivity contribution is 5.55. The van der Waals surface area contributed by atoms with Gasteiger partial charge in [-0.1, -0.05) is 13.0 Å². The van der Waals surface area contributed by atoms with Crippen LogP contribution in [0.15, 0.2) is 18.2 Å². The monoisotopic (exact) mass is 292 g/mol. The van der Waals surface area contributed by atoms with Crippen molar-refractivity contribution in [3.05, 3.63) is 23.8 Å². The Morgan fingerprint density at radius 3 is 2.67 bits per heavy atom. The third-order valence-corrected chi connectivity index (χ3v) is 4.40. The molecule has 4 nitrogen and oxygen atoms in total. The van der Waals surface area contributed by atoms with Crippen LogP contribution in [0.25, 0.3) is 0 Å². The summed E-state index contributed by atoms with van der Waals surface area (Å²) in [5.41, 5.74) is 2.01. The molecule has 3 N–H and O–H groups in total. The van der Waals surface area contributed by atoms with Crippen molar-refractivity contribution in [2.24, 2.45) is 0 Å². The normalized spacial score (nSPS) is 16.5. The summed E-state index contributed by atoms with van der Waals surface area (Å²) in [7, 11) is 0. The zero-order chi connectivity index (χ0) is 15.2. The van der Waals surface area contributed by atoms with Crippen LogP contribution in [0.3, 0.4) is 0 Å². The number of hydrogen-bond acceptors (Lipinski definition) is 4. The van der Waals surface area contributed by atoms with Crippen LogP contribution < -0.4 is 10.2 Å². The minimum Gasteiger partial charge on any atom is -0.508 e. The second-order valence-electron chi connectivity index (χ2n) is 5.88. The van der Waals surface area contributed by atoms with Crippen LogP contribution in [0.5, 0.6) is 5.75 Å². The molecule has 0 spiro atoms. The topological polar surface area (TPSA) is 55.7 Å². The SMILES string of the molecule is CCNC(C)c1ccc(N(CCCO)C2CCC2)cc1O. The standard InChI is InChI=1S/C17H28N2O2/c1-3-18-13(2)16-9-8-15(12-17(16)21)19(10-5-11-20)14-6-4-7-14/h8-9,12-14,18,20-21H,3-7,10-11H2,1-2H3. The average Bonchev–Trinajstić information content (AvgIpc) is 2.41. The van der Waals surface area contributed by atoms with E-state index in [2.05, 4.69) is 30.1 Å². The summed E-state index contributed by atoms with van der Waals surface area (Å²) in [6, 6.07) is 6.70. The fraction of sp³-hybridized carbons (Fsp3) is 0.647. The molecule has 0 aromatic heterocycles. The Hall–Kier alpha value is -1.26. The highest BCUT2D eigenvalue weighted by atomic mass is 16.3. The molecular weight excluding hydrogens is 264 g/mol. The van der Waals surface area contributed by atoms with Gasteiger partial charge in [-0.25, -0.2) is 0 Å². The summed E-state index contributed by atoms with van der Waals surface area (Å²) in [4.78, 5) is 2.33. The van der Waals surface area contributed by atoms with Crippen LogP contribution in [0, 0.1) is 0 Å². The van der Waals surface area contributed by atoms with Crippen LogP contribution >= 0.6 is 0 Å². The number of nitrogens with one attached hydrogen (secondary N) is 1. The molecule has 1 aliphatic carbocycles. The summed E-state index contributed by atoms with van der Waals surface area (Å²) >= 11 is 0. The van der Waals surface area contributed by atoms with Gasteiger partial charge in [-0.05, 0) is 45.2 Å². The number of aliphatic hydroxyl groups excluding tert-OH is 1. The van der Waals surface area contributed by atoms with Gasteiger partial charge in [0.2, 0.25) is 0 Å². The minimum atomic E-state index is 0.152. The lowest BCUT2D eigenvalue weighted by molar-refractivity contribution is 0.283. The molecular formula is C17H28N2O2. The zero-order valence-electron chi connectivity index (χ0n) is 13.2. The molecule has 118 valence electrons. The molecule has 4 heteroatoms. The van der Waals surface area contributed by atoms with Gasteiger partial charge in [-0.2, -0.15) is 0 Å². The number of phenols is 1. The first-order valence-corrected chi connectivity index (χ1v) is 8.11. The number of anilines is 1. The van der Waals surface area contributed by atoms with Gasteiger partial charge in [0.05, 0.1) is 0 Å². The van der Waals surface area contributed by atoms with Crippen molar-refractivity contribution in [3.63, 3.8) is 0 Å². The number of hydrogen-bond donors (Lipinski definition) is 3. The molecule has 1 aliphatic rings. The van der Waals surface area contributed by atoms with Crippen molar-refractivity contribution in [1.82, 2.24) is 5.32 Å². The van der Waals surface area contributed by atoms with E-state index in [1.165, 1.54) is 19.3 Å². The maximum absolute atomic E-state index is 10.3. The largest absolute Gasteiger partial charge is 0.508 e. The maximum atomic E-state index is 10.3. The van der Waals surface area contributed by atoms with Gasteiger partial charge >= 0.3 is 0 Å². The van der Waals surface area contributed by atoms with Crippen molar-refractivity contribution in [2.75, 3.05) is 24.6 Å². The van der Waals surface area contributed by atoms with E-state index in [1.54, 1.807) is 0 Å². The fourth-order valence-electron chi connectivity index (χ4n) is 2.95. The number of aromatic hydroxyl groups is 1. The predicted molar refractivity (Wildman–Crippen MR) is 86.9 cm³/mol. The molecule has 2 rings (SSSR count). The Labute approximate surface area is 127 Å². The van der Waals surface area contributed by atoms with Crippen LogP contribution in [0.1, 0.15) is 51.1 Å². The molecule has 1 saturated carbocycles. The Balaban J connectivity index is 2.15. The van der Waals surface area contributed by atoms with Crippen LogP contribution in [0.4, 0.5) is 5.69 Å². The molecule has 0 amide bonds. The van der Waals surface area contributed by atoms with Crippen molar-refractivity contribution in [3.8, 4) is 5.75 Å². The quantitative estimate of drug-likeness (QED) is 0.689. The highest BCUT2D eigenvalue weighted by Gasteiger charge is 2.25. The number of rotatable bonds is 8. The first-order chi connectivity index (χ1) is 10.2. The lowest BCUT2D eigenvalue weighted by Gasteiger charge is -2.39. The van der Waals surface area contributed by atoms with E-state index < -0.39 is 0 Å². The van der Waals surface area contributed by atoms with E-state index in [0.717, 1.165) is 30.8 Å². The van der Waals surface area contributed by atoms with E-state index in [9.17, 15) is 5.11 Å². The minimum absolute atomic E-state index is 0.152. The molecule has 0 bridgehead atoms. The Morgan fingerprint density at radius 1 is 1.38 bits per heavy atom. The summed E-state index contributed by atoms with van der Waals surface area (Å²) in [5.74, 6) is 0.356. The molecule has 1 atom stereocenters. The molecule has 0 heterocycles. The van der Waals surface area contributed by atoms with Gasteiger partial charge in [0.15, 0.2) is 0 Å². The van der Waals surface area contributed by atoms with Gasteiger partial charge in [0.1, 0.15) is 5.75 Å². The number of nitrogens with zero attached hydrogens (tertiary/aromatic N) is 1. The summed E-state index contributed by atoms with van der Waals surface area (Å²) in [6.45, 7) is 6.07. The van der Waals surface area contributed by atoms with Crippen molar-refractivity contribution in [2.45, 2.75) is 51.6 Å². The maximum Gasteiger partial charge on any atom is 0.122 e. The van der Waals surface area contributed by atoms with E-state index in [1.807, 2.05) is 12.1 Å². The van der Waals surface area contributed by atoms with Crippen molar-refractivity contribution < 1.29 is 10.2 Å². The van der Waals surface area contributed by atoms with Crippen LogP contribution in [-0.2, 0) is 0 Å². The van der Waals surface area contributed by atoms with Crippen LogP contribution in [-0.4, -0.2) is 36.0 Å². The molecule has 0 saturated heterocycles. The second-order valence-corrected chi connectivity index (χ2v) is 5.88. The molecule has 0 radical (unpaired) electrons. The van der Waals surface area contributed by atoms with E-state index in [-0.39, 0.29) is 12.6 Å². The summed E-state index contributed by atoms with van der Waals surface area (Å²) in [5, 5.41) is 22.7. The summed E-state index contributed by atoms with van der Waals surface area (Å²) < 4.78 is 0. The van der Waals surface area contributed by atoms with Crippen molar-refractivity contribution >= 4 is 5.69 Å².